The van der Waals surface area contributed by atoms with Crippen LogP contribution in [0.15, 0.2) is 65.5 Å². The lowest BCUT2D eigenvalue weighted by molar-refractivity contribution is -0.138. The highest BCUT2D eigenvalue weighted by Gasteiger charge is 2.27. The van der Waals surface area contributed by atoms with Crippen LogP contribution in [0.2, 0.25) is 0 Å². The summed E-state index contributed by atoms with van der Waals surface area (Å²) in [5, 5.41) is 5.19. The number of anilines is 1. The number of amides is 1. The summed E-state index contributed by atoms with van der Waals surface area (Å²) in [6.07, 6.45) is -0.568. The third-order valence-corrected chi connectivity index (χ3v) is 6.81. The lowest BCUT2D eigenvalue weighted by atomic mass is 10.2. The van der Waals surface area contributed by atoms with E-state index in [0.29, 0.717) is 42.7 Å². The van der Waals surface area contributed by atoms with Crippen LogP contribution in [0.5, 0.6) is 5.75 Å². The fourth-order valence-corrected chi connectivity index (χ4v) is 4.85. The van der Waals surface area contributed by atoms with Gasteiger partial charge in [0, 0.05) is 37.8 Å². The normalized spacial score (nSPS) is 14.9. The van der Waals surface area contributed by atoms with Gasteiger partial charge in [-0.3, -0.25) is 9.59 Å². The van der Waals surface area contributed by atoms with Gasteiger partial charge in [0.15, 0.2) is 6.10 Å². The maximum atomic E-state index is 12.9. The van der Waals surface area contributed by atoms with Gasteiger partial charge in [-0.05, 0) is 26.0 Å². The third-order valence-electron chi connectivity index (χ3n) is 5.85. The van der Waals surface area contributed by atoms with Gasteiger partial charge < -0.3 is 14.5 Å². The third kappa shape index (κ3) is 4.51. The number of aryl methyl sites for hydroxylation is 1. The number of benzene rings is 2. The fraction of sp³-hybridized carbons (Fsp3) is 0.280. The number of rotatable bonds is 5. The summed E-state index contributed by atoms with van der Waals surface area (Å²) in [7, 11) is 0. The van der Waals surface area contributed by atoms with E-state index in [0.717, 1.165) is 16.1 Å². The zero-order valence-electron chi connectivity index (χ0n) is 19.0. The number of carbonyl (C=O) groups excluding carboxylic acids is 1. The summed E-state index contributed by atoms with van der Waals surface area (Å²) >= 11 is 1.39. The Morgan fingerprint density at radius 1 is 1.03 bits per heavy atom. The summed E-state index contributed by atoms with van der Waals surface area (Å²) in [5.74, 6) is 1.26. The molecule has 0 unspecified atom stereocenters. The van der Waals surface area contributed by atoms with Crippen molar-refractivity contribution in [1.29, 1.82) is 0 Å². The smallest absolute Gasteiger partial charge is 0.277 e. The maximum absolute atomic E-state index is 12.9. The first kappa shape index (κ1) is 22.1. The molecule has 5 rings (SSSR count). The Hall–Kier alpha value is -3.72. The SMILES string of the molecule is Cc1ccc(O[C@H](C)C(=O)N2CCN(c3cc(=O)n4nc(-c5ccccc5)sc4n3)CC2)cc1. The molecule has 0 aliphatic carbocycles. The van der Waals surface area contributed by atoms with Crippen molar-refractivity contribution < 1.29 is 9.53 Å². The van der Waals surface area contributed by atoms with Crippen LogP contribution in [0, 0.1) is 6.92 Å². The summed E-state index contributed by atoms with van der Waals surface area (Å²) in [4.78, 5) is 34.7. The van der Waals surface area contributed by atoms with E-state index in [2.05, 4.69) is 5.10 Å². The number of ether oxygens (including phenoxy) is 1. The molecule has 174 valence electrons. The maximum Gasteiger partial charge on any atom is 0.277 e. The van der Waals surface area contributed by atoms with Crippen molar-refractivity contribution in [1.82, 2.24) is 19.5 Å². The van der Waals surface area contributed by atoms with Gasteiger partial charge in [0.2, 0.25) is 4.96 Å². The van der Waals surface area contributed by atoms with Gasteiger partial charge in [-0.2, -0.15) is 9.61 Å². The van der Waals surface area contributed by atoms with Gasteiger partial charge in [0.1, 0.15) is 16.6 Å². The molecule has 1 atom stereocenters. The molecule has 1 amide bonds. The van der Waals surface area contributed by atoms with E-state index in [1.165, 1.54) is 21.9 Å². The van der Waals surface area contributed by atoms with Crippen LogP contribution in [0.1, 0.15) is 12.5 Å². The molecule has 0 N–H and O–H groups in total. The van der Waals surface area contributed by atoms with Crippen LogP contribution in [0.25, 0.3) is 15.5 Å². The van der Waals surface area contributed by atoms with E-state index in [1.54, 1.807) is 11.8 Å². The van der Waals surface area contributed by atoms with E-state index in [4.69, 9.17) is 9.72 Å². The lowest BCUT2D eigenvalue weighted by Gasteiger charge is -2.36. The van der Waals surface area contributed by atoms with E-state index < -0.39 is 6.10 Å². The molecule has 34 heavy (non-hydrogen) atoms. The number of fused-ring (bicyclic) bond motifs is 1. The zero-order chi connectivity index (χ0) is 23.7. The molecule has 0 radical (unpaired) electrons. The van der Waals surface area contributed by atoms with E-state index >= 15 is 0 Å². The molecule has 4 aromatic rings. The molecular formula is C25H25N5O3S. The number of carbonyl (C=O) groups is 1. The summed E-state index contributed by atoms with van der Waals surface area (Å²) < 4.78 is 7.18. The zero-order valence-corrected chi connectivity index (χ0v) is 19.9. The van der Waals surface area contributed by atoms with E-state index in [1.807, 2.05) is 66.4 Å². The van der Waals surface area contributed by atoms with Crippen LogP contribution in [-0.4, -0.2) is 57.7 Å². The number of aromatic nitrogens is 3. The van der Waals surface area contributed by atoms with Crippen molar-refractivity contribution in [2.45, 2.75) is 20.0 Å². The molecule has 1 fully saturated rings. The van der Waals surface area contributed by atoms with Crippen LogP contribution in [0.4, 0.5) is 5.82 Å². The number of hydrogen-bond acceptors (Lipinski definition) is 7. The van der Waals surface area contributed by atoms with E-state index in [-0.39, 0.29) is 11.5 Å². The highest BCUT2D eigenvalue weighted by molar-refractivity contribution is 7.19. The fourth-order valence-electron chi connectivity index (χ4n) is 3.94. The molecule has 1 aliphatic rings. The Morgan fingerprint density at radius 3 is 2.44 bits per heavy atom. The number of hydrogen-bond donors (Lipinski definition) is 0. The average molecular weight is 476 g/mol. The quantitative estimate of drug-likeness (QED) is 0.441. The highest BCUT2D eigenvalue weighted by Crippen LogP contribution is 2.25. The van der Waals surface area contributed by atoms with Gasteiger partial charge >= 0.3 is 0 Å². The second-order valence-electron chi connectivity index (χ2n) is 8.31. The van der Waals surface area contributed by atoms with Crippen molar-refractivity contribution in [2.24, 2.45) is 0 Å². The minimum Gasteiger partial charge on any atom is -0.481 e. The second-order valence-corrected chi connectivity index (χ2v) is 9.26. The van der Waals surface area contributed by atoms with Crippen LogP contribution >= 0.6 is 11.3 Å². The Balaban J connectivity index is 1.26. The largest absolute Gasteiger partial charge is 0.481 e. The molecule has 8 nitrogen and oxygen atoms in total. The molecule has 2 aromatic heterocycles. The van der Waals surface area contributed by atoms with Crippen molar-refractivity contribution in [3.05, 3.63) is 76.6 Å². The van der Waals surface area contributed by atoms with Crippen LogP contribution < -0.4 is 15.2 Å². The summed E-state index contributed by atoms with van der Waals surface area (Å²) in [5.41, 5.74) is 1.88. The molecule has 0 bridgehead atoms. The van der Waals surface area contributed by atoms with Crippen LogP contribution in [-0.2, 0) is 4.79 Å². The average Bonchev–Trinajstić information content (AvgIpc) is 3.31. The number of piperazine rings is 1. The Kier molecular flexibility index (Phi) is 6.02. The highest BCUT2D eigenvalue weighted by atomic mass is 32.1. The second kappa shape index (κ2) is 9.26. The lowest BCUT2D eigenvalue weighted by Crippen LogP contribution is -2.52. The standard InChI is InChI=1S/C25H25N5O3S/c1-17-8-10-20(11-9-17)33-18(2)24(32)29-14-12-28(13-15-29)21-16-22(31)30-25(26-21)34-23(27-30)19-6-4-3-5-7-19/h3-11,16,18H,12-15H2,1-2H3/t18-/m1/s1. The first-order chi connectivity index (χ1) is 16.5. The van der Waals surface area contributed by atoms with Crippen molar-refractivity contribution in [3.63, 3.8) is 0 Å². The minimum atomic E-state index is -0.568. The molecule has 1 aliphatic heterocycles. The first-order valence-electron chi connectivity index (χ1n) is 11.2. The summed E-state index contributed by atoms with van der Waals surface area (Å²) in [6.45, 7) is 6.06. The molecular weight excluding hydrogens is 450 g/mol. The Bertz CT molecular complexity index is 1360. The molecule has 2 aromatic carbocycles. The van der Waals surface area contributed by atoms with Crippen LogP contribution in [0.3, 0.4) is 0 Å². The van der Waals surface area contributed by atoms with Crippen molar-refractivity contribution >= 4 is 28.0 Å². The molecule has 0 spiro atoms. The van der Waals surface area contributed by atoms with Gasteiger partial charge in [-0.25, -0.2) is 4.98 Å². The first-order valence-corrected chi connectivity index (χ1v) is 12.0. The van der Waals surface area contributed by atoms with E-state index in [9.17, 15) is 9.59 Å². The van der Waals surface area contributed by atoms with Crippen molar-refractivity contribution in [3.8, 4) is 16.3 Å². The Labute approximate surface area is 201 Å². The predicted molar refractivity (Wildman–Crippen MR) is 133 cm³/mol. The van der Waals surface area contributed by atoms with Gasteiger partial charge in [0.25, 0.3) is 11.5 Å². The summed E-state index contributed by atoms with van der Waals surface area (Å²) in [6, 6.07) is 18.9. The molecule has 9 heteroatoms. The predicted octanol–water partition coefficient (Wildman–Crippen LogP) is 3.24. The topological polar surface area (TPSA) is 80.0 Å². The van der Waals surface area contributed by atoms with Gasteiger partial charge in [0.05, 0.1) is 0 Å². The van der Waals surface area contributed by atoms with Gasteiger partial charge in [-0.15, -0.1) is 0 Å². The van der Waals surface area contributed by atoms with Crippen molar-refractivity contribution in [2.75, 3.05) is 31.1 Å². The van der Waals surface area contributed by atoms with Gasteiger partial charge in [-0.1, -0.05) is 59.4 Å². The monoisotopic (exact) mass is 475 g/mol. The number of nitrogens with zero attached hydrogens (tertiary/aromatic N) is 5. The minimum absolute atomic E-state index is 0.0429. The Morgan fingerprint density at radius 2 is 1.74 bits per heavy atom. The molecule has 1 saturated heterocycles. The molecule has 3 heterocycles. The molecule has 0 saturated carbocycles.